The van der Waals surface area contributed by atoms with Crippen LogP contribution < -0.4 is 10.6 Å². The first-order chi connectivity index (χ1) is 11.8. The molecule has 2 N–H and O–H groups in total. The van der Waals surface area contributed by atoms with Crippen LogP contribution >= 0.6 is 24.0 Å². The van der Waals surface area contributed by atoms with Crippen molar-refractivity contribution in [2.45, 2.75) is 39.2 Å². The van der Waals surface area contributed by atoms with Gasteiger partial charge in [0.25, 0.3) is 0 Å². The number of halogens is 1. The maximum Gasteiger partial charge on any atom is 0.410 e. The monoisotopic (exact) mass is 476 g/mol. The van der Waals surface area contributed by atoms with Crippen LogP contribution in [0.25, 0.3) is 0 Å². The summed E-state index contributed by atoms with van der Waals surface area (Å²) in [6.45, 7) is 7.57. The van der Waals surface area contributed by atoms with Crippen LogP contribution in [0.3, 0.4) is 0 Å². The molecular formula is C19H33IN4O2. The fourth-order valence-electron chi connectivity index (χ4n) is 2.14. The summed E-state index contributed by atoms with van der Waals surface area (Å²) in [6.07, 6.45) is 1.74. The Labute approximate surface area is 174 Å². The Bertz CT molecular complexity index is 544. The zero-order valence-corrected chi connectivity index (χ0v) is 18.9. The van der Waals surface area contributed by atoms with Gasteiger partial charge in [-0.15, -0.1) is 24.0 Å². The van der Waals surface area contributed by atoms with Gasteiger partial charge in [0.2, 0.25) is 0 Å². The van der Waals surface area contributed by atoms with E-state index in [2.05, 4.69) is 39.9 Å². The molecule has 0 unspecified atom stereocenters. The number of ether oxygens (including phenoxy) is 1. The molecule has 0 spiro atoms. The van der Waals surface area contributed by atoms with Crippen molar-refractivity contribution >= 4 is 36.0 Å². The molecule has 0 fully saturated rings. The molecule has 1 aromatic rings. The molecule has 1 amide bonds. The number of hydrogen-bond acceptors (Lipinski definition) is 3. The van der Waals surface area contributed by atoms with Crippen LogP contribution in [0.1, 0.15) is 32.8 Å². The molecule has 148 valence electrons. The molecule has 1 rings (SSSR count). The van der Waals surface area contributed by atoms with E-state index in [9.17, 15) is 4.79 Å². The van der Waals surface area contributed by atoms with Crippen molar-refractivity contribution in [2.24, 2.45) is 4.99 Å². The van der Waals surface area contributed by atoms with Crippen molar-refractivity contribution in [3.8, 4) is 0 Å². The van der Waals surface area contributed by atoms with E-state index in [4.69, 9.17) is 4.74 Å². The van der Waals surface area contributed by atoms with Crippen molar-refractivity contribution in [1.82, 2.24) is 15.5 Å². The van der Waals surface area contributed by atoms with E-state index >= 15 is 0 Å². The number of rotatable bonds is 7. The van der Waals surface area contributed by atoms with Crippen molar-refractivity contribution in [3.05, 3.63) is 35.9 Å². The van der Waals surface area contributed by atoms with Gasteiger partial charge >= 0.3 is 6.09 Å². The third-order valence-corrected chi connectivity index (χ3v) is 3.45. The van der Waals surface area contributed by atoms with Crippen molar-refractivity contribution in [1.29, 1.82) is 0 Å². The Morgan fingerprint density at radius 2 is 1.77 bits per heavy atom. The highest BCUT2D eigenvalue weighted by molar-refractivity contribution is 14.0. The molecule has 0 heterocycles. The van der Waals surface area contributed by atoms with Gasteiger partial charge in [0.05, 0.1) is 0 Å². The average Bonchev–Trinajstić information content (AvgIpc) is 2.56. The second kappa shape index (κ2) is 12.8. The summed E-state index contributed by atoms with van der Waals surface area (Å²) in [4.78, 5) is 17.6. The van der Waals surface area contributed by atoms with Gasteiger partial charge in [0, 0.05) is 33.7 Å². The third kappa shape index (κ3) is 11.2. The zero-order valence-electron chi connectivity index (χ0n) is 16.5. The van der Waals surface area contributed by atoms with Gasteiger partial charge in [0.15, 0.2) is 5.96 Å². The third-order valence-electron chi connectivity index (χ3n) is 3.45. The van der Waals surface area contributed by atoms with Crippen LogP contribution in [0.5, 0.6) is 0 Å². The van der Waals surface area contributed by atoms with Crippen LogP contribution in [-0.4, -0.2) is 56.3 Å². The largest absolute Gasteiger partial charge is 0.444 e. The average molecular weight is 476 g/mol. The number of carbonyl (C=O) groups is 1. The van der Waals surface area contributed by atoms with Crippen LogP contribution in [-0.2, 0) is 11.2 Å². The number of hydrogen-bond donors (Lipinski definition) is 2. The number of aryl methyl sites for hydroxylation is 1. The predicted octanol–water partition coefficient (Wildman–Crippen LogP) is 3.27. The summed E-state index contributed by atoms with van der Waals surface area (Å²) in [7, 11) is 3.47. The van der Waals surface area contributed by atoms with Gasteiger partial charge in [-0.25, -0.2) is 4.79 Å². The molecule has 26 heavy (non-hydrogen) atoms. The summed E-state index contributed by atoms with van der Waals surface area (Å²) < 4.78 is 5.32. The number of nitrogens with one attached hydrogen (secondary N) is 2. The minimum atomic E-state index is -0.477. The number of aliphatic imine (C=N–C) groups is 1. The normalized spacial score (nSPS) is 11.3. The second-order valence-electron chi connectivity index (χ2n) is 6.92. The summed E-state index contributed by atoms with van der Waals surface area (Å²) in [6, 6.07) is 10.4. The summed E-state index contributed by atoms with van der Waals surface area (Å²) in [5, 5.41) is 6.49. The van der Waals surface area contributed by atoms with Gasteiger partial charge < -0.3 is 20.3 Å². The highest BCUT2D eigenvalue weighted by atomic mass is 127. The van der Waals surface area contributed by atoms with E-state index < -0.39 is 5.60 Å². The number of nitrogens with zero attached hydrogens (tertiary/aromatic N) is 2. The first-order valence-electron chi connectivity index (χ1n) is 8.74. The molecule has 0 saturated carbocycles. The van der Waals surface area contributed by atoms with Gasteiger partial charge in [-0.1, -0.05) is 30.3 Å². The SMILES string of the molecule is CN=C(NCCCc1ccccc1)NCCN(C)C(=O)OC(C)(C)C.I. The molecule has 0 radical (unpaired) electrons. The van der Waals surface area contributed by atoms with Gasteiger partial charge in [-0.05, 0) is 39.2 Å². The topological polar surface area (TPSA) is 66.0 Å². The van der Waals surface area contributed by atoms with E-state index in [-0.39, 0.29) is 30.1 Å². The van der Waals surface area contributed by atoms with E-state index in [1.54, 1.807) is 19.0 Å². The maximum absolute atomic E-state index is 11.9. The number of carbonyl (C=O) groups excluding carboxylic acids is 1. The van der Waals surface area contributed by atoms with Crippen LogP contribution in [0, 0.1) is 0 Å². The first-order valence-corrected chi connectivity index (χ1v) is 8.74. The lowest BCUT2D eigenvalue weighted by Crippen LogP contribution is -2.43. The zero-order chi connectivity index (χ0) is 18.7. The molecular weight excluding hydrogens is 443 g/mol. The molecule has 7 heteroatoms. The van der Waals surface area contributed by atoms with Crippen molar-refractivity contribution in [3.63, 3.8) is 0 Å². The Kier molecular flexibility index (Phi) is 12.0. The number of likely N-dealkylation sites (N-methyl/N-ethyl adjacent to an activating group) is 1. The quantitative estimate of drug-likeness (QED) is 0.275. The van der Waals surface area contributed by atoms with Gasteiger partial charge in [0.1, 0.15) is 5.60 Å². The summed E-state index contributed by atoms with van der Waals surface area (Å²) in [5.74, 6) is 0.741. The molecule has 0 saturated heterocycles. The Balaban J connectivity index is 0.00000625. The van der Waals surface area contributed by atoms with Gasteiger partial charge in [-0.3, -0.25) is 4.99 Å². The smallest absolute Gasteiger partial charge is 0.410 e. The Hall–Kier alpha value is -1.51. The van der Waals surface area contributed by atoms with E-state index in [0.29, 0.717) is 13.1 Å². The predicted molar refractivity (Wildman–Crippen MR) is 118 cm³/mol. The minimum absolute atomic E-state index is 0. The molecule has 0 aliphatic rings. The molecule has 0 aliphatic heterocycles. The minimum Gasteiger partial charge on any atom is -0.444 e. The lowest BCUT2D eigenvalue weighted by atomic mass is 10.1. The van der Waals surface area contributed by atoms with Crippen molar-refractivity contribution in [2.75, 3.05) is 33.7 Å². The van der Waals surface area contributed by atoms with E-state index in [0.717, 1.165) is 25.3 Å². The highest BCUT2D eigenvalue weighted by Gasteiger charge is 2.19. The molecule has 0 aliphatic carbocycles. The van der Waals surface area contributed by atoms with Crippen molar-refractivity contribution < 1.29 is 9.53 Å². The van der Waals surface area contributed by atoms with E-state index in [1.807, 2.05) is 26.8 Å². The summed E-state index contributed by atoms with van der Waals surface area (Å²) >= 11 is 0. The lowest BCUT2D eigenvalue weighted by molar-refractivity contribution is 0.0302. The first kappa shape index (κ1) is 24.5. The Morgan fingerprint density at radius 3 is 2.35 bits per heavy atom. The standard InChI is InChI=1S/C19H32N4O2.HI/c1-19(2,3)25-18(24)23(5)15-14-22-17(20-4)21-13-9-12-16-10-7-6-8-11-16;/h6-8,10-11H,9,12-15H2,1-5H3,(H2,20,21,22);1H. The number of benzene rings is 1. The maximum atomic E-state index is 11.9. The second-order valence-corrected chi connectivity index (χ2v) is 6.92. The molecule has 1 aromatic carbocycles. The Morgan fingerprint density at radius 1 is 1.15 bits per heavy atom. The van der Waals surface area contributed by atoms with Crippen LogP contribution in [0.4, 0.5) is 4.79 Å². The van der Waals surface area contributed by atoms with Gasteiger partial charge in [-0.2, -0.15) is 0 Å². The fraction of sp³-hybridized carbons (Fsp3) is 0.579. The lowest BCUT2D eigenvalue weighted by Gasteiger charge is -2.24. The molecule has 0 aromatic heterocycles. The molecule has 6 nitrogen and oxygen atoms in total. The highest BCUT2D eigenvalue weighted by Crippen LogP contribution is 2.08. The number of guanidine groups is 1. The van der Waals surface area contributed by atoms with Crippen LogP contribution in [0.2, 0.25) is 0 Å². The fourth-order valence-corrected chi connectivity index (χ4v) is 2.14. The van der Waals surface area contributed by atoms with Crippen LogP contribution in [0.15, 0.2) is 35.3 Å². The molecule has 0 atom stereocenters. The summed E-state index contributed by atoms with van der Waals surface area (Å²) in [5.41, 5.74) is 0.862. The van der Waals surface area contributed by atoms with E-state index in [1.165, 1.54) is 5.56 Å². The number of amides is 1. The molecule has 0 bridgehead atoms.